The number of amides is 1. The molecule has 0 radical (unpaired) electrons. The molecular formula is C15H22N2O4S. The molecule has 1 aliphatic heterocycles. The Morgan fingerprint density at radius 2 is 2.14 bits per heavy atom. The Morgan fingerprint density at radius 3 is 2.73 bits per heavy atom. The minimum atomic E-state index is -3.20. The number of hydrogen-bond acceptors (Lipinski definition) is 4. The summed E-state index contributed by atoms with van der Waals surface area (Å²) in [5.41, 5.74) is 1.91. The Hall–Kier alpha value is -1.60. The lowest BCUT2D eigenvalue weighted by Crippen LogP contribution is -2.27. The topological polar surface area (TPSA) is 86.7 Å². The molecule has 1 aromatic carbocycles. The van der Waals surface area contributed by atoms with Crippen molar-refractivity contribution in [3.05, 3.63) is 29.3 Å². The van der Waals surface area contributed by atoms with Crippen molar-refractivity contribution < 1.29 is 18.3 Å². The first-order valence-electron chi connectivity index (χ1n) is 7.46. The molecule has 0 unspecified atom stereocenters. The second-order valence-corrected chi connectivity index (χ2v) is 7.44. The molecule has 2 N–H and O–H groups in total. The van der Waals surface area contributed by atoms with Gasteiger partial charge in [0.25, 0.3) is 5.91 Å². The van der Waals surface area contributed by atoms with Crippen LogP contribution < -0.4 is 9.62 Å². The molecule has 1 aliphatic rings. The number of anilines is 1. The van der Waals surface area contributed by atoms with E-state index in [1.165, 1.54) is 4.31 Å². The van der Waals surface area contributed by atoms with Gasteiger partial charge in [-0.2, -0.15) is 0 Å². The van der Waals surface area contributed by atoms with Gasteiger partial charge < -0.3 is 10.4 Å². The summed E-state index contributed by atoms with van der Waals surface area (Å²) in [6, 6.07) is 5.09. The molecule has 22 heavy (non-hydrogen) atoms. The standard InChI is InChI=1S/C15H22N2O4S/c1-12-11-13(17-8-4-10-22(17,20)21)5-6-14(12)15(19)16-7-2-3-9-18/h5-6,11,18H,2-4,7-10H2,1H3,(H,16,19). The maximum atomic E-state index is 12.1. The monoisotopic (exact) mass is 326 g/mol. The average molecular weight is 326 g/mol. The molecule has 0 aliphatic carbocycles. The van der Waals surface area contributed by atoms with Crippen LogP contribution in [0.4, 0.5) is 5.69 Å². The van der Waals surface area contributed by atoms with Crippen molar-refractivity contribution in [1.82, 2.24) is 5.32 Å². The van der Waals surface area contributed by atoms with Crippen molar-refractivity contribution in [3.8, 4) is 0 Å². The number of aliphatic hydroxyl groups is 1. The van der Waals surface area contributed by atoms with E-state index in [-0.39, 0.29) is 18.3 Å². The predicted molar refractivity (Wildman–Crippen MR) is 85.6 cm³/mol. The van der Waals surface area contributed by atoms with Crippen LogP contribution in [0.25, 0.3) is 0 Å². The molecule has 1 amide bonds. The molecule has 1 fully saturated rings. The number of rotatable bonds is 6. The number of unbranched alkanes of at least 4 members (excludes halogenated alkanes) is 1. The minimum Gasteiger partial charge on any atom is -0.396 e. The number of sulfonamides is 1. The van der Waals surface area contributed by atoms with Gasteiger partial charge in [0.1, 0.15) is 0 Å². The third-order valence-electron chi connectivity index (χ3n) is 3.71. The van der Waals surface area contributed by atoms with Crippen molar-refractivity contribution in [2.24, 2.45) is 0 Å². The second-order valence-electron chi connectivity index (χ2n) is 5.43. The van der Waals surface area contributed by atoms with E-state index in [1.807, 2.05) is 0 Å². The summed E-state index contributed by atoms with van der Waals surface area (Å²) in [5.74, 6) is 0.00495. The lowest BCUT2D eigenvalue weighted by Gasteiger charge is -2.18. The third-order valence-corrected chi connectivity index (χ3v) is 5.58. The van der Waals surface area contributed by atoms with E-state index in [1.54, 1.807) is 25.1 Å². The number of nitrogens with zero attached hydrogens (tertiary/aromatic N) is 1. The summed E-state index contributed by atoms with van der Waals surface area (Å²) in [5, 5.41) is 11.5. The highest BCUT2D eigenvalue weighted by Crippen LogP contribution is 2.26. The van der Waals surface area contributed by atoms with Gasteiger partial charge in [-0.15, -0.1) is 0 Å². The molecule has 7 heteroatoms. The number of hydrogen-bond donors (Lipinski definition) is 2. The number of benzene rings is 1. The minimum absolute atomic E-state index is 0.119. The van der Waals surface area contributed by atoms with Crippen molar-refractivity contribution >= 4 is 21.6 Å². The zero-order valence-electron chi connectivity index (χ0n) is 12.7. The predicted octanol–water partition coefficient (Wildman–Crippen LogP) is 1.04. The summed E-state index contributed by atoms with van der Waals surface area (Å²) >= 11 is 0. The van der Waals surface area contributed by atoms with E-state index >= 15 is 0 Å². The Morgan fingerprint density at radius 1 is 1.36 bits per heavy atom. The van der Waals surface area contributed by atoms with Crippen molar-refractivity contribution in [2.75, 3.05) is 29.8 Å². The van der Waals surface area contributed by atoms with Gasteiger partial charge in [0, 0.05) is 25.3 Å². The number of aliphatic hydroxyl groups excluding tert-OH is 1. The summed E-state index contributed by atoms with van der Waals surface area (Å²) in [6.07, 6.45) is 2.02. The van der Waals surface area contributed by atoms with Crippen molar-refractivity contribution in [2.45, 2.75) is 26.2 Å². The van der Waals surface area contributed by atoms with Crippen LogP contribution in [0.3, 0.4) is 0 Å². The largest absolute Gasteiger partial charge is 0.396 e. The first-order valence-corrected chi connectivity index (χ1v) is 9.07. The Balaban J connectivity index is 2.08. The summed E-state index contributed by atoms with van der Waals surface area (Å²) in [4.78, 5) is 12.1. The highest BCUT2D eigenvalue weighted by molar-refractivity contribution is 7.93. The van der Waals surface area contributed by atoms with E-state index < -0.39 is 10.0 Å². The number of aryl methyl sites for hydroxylation is 1. The first-order chi connectivity index (χ1) is 10.5. The van der Waals surface area contributed by atoms with Gasteiger partial charge in [0.05, 0.1) is 11.4 Å². The highest BCUT2D eigenvalue weighted by atomic mass is 32.2. The zero-order valence-corrected chi connectivity index (χ0v) is 13.5. The lowest BCUT2D eigenvalue weighted by molar-refractivity contribution is 0.0951. The maximum absolute atomic E-state index is 12.1. The van der Waals surface area contributed by atoms with Crippen LogP contribution >= 0.6 is 0 Å². The van der Waals surface area contributed by atoms with Crippen LogP contribution in [-0.2, 0) is 10.0 Å². The molecule has 1 saturated heterocycles. The van der Waals surface area contributed by atoms with E-state index in [0.717, 1.165) is 12.0 Å². The summed E-state index contributed by atoms with van der Waals surface area (Å²) < 4.78 is 25.2. The summed E-state index contributed by atoms with van der Waals surface area (Å²) in [7, 11) is -3.20. The van der Waals surface area contributed by atoms with Crippen LogP contribution in [0.15, 0.2) is 18.2 Å². The summed E-state index contributed by atoms with van der Waals surface area (Å²) in [6.45, 7) is 2.93. The van der Waals surface area contributed by atoms with E-state index in [0.29, 0.717) is 37.2 Å². The third kappa shape index (κ3) is 3.78. The Labute approximate surface area is 131 Å². The molecular weight excluding hydrogens is 304 g/mol. The van der Waals surface area contributed by atoms with E-state index in [2.05, 4.69) is 5.32 Å². The van der Waals surface area contributed by atoms with Gasteiger partial charge in [-0.05, 0) is 49.9 Å². The van der Waals surface area contributed by atoms with Gasteiger partial charge in [-0.25, -0.2) is 8.42 Å². The molecule has 0 bridgehead atoms. The fraction of sp³-hybridized carbons (Fsp3) is 0.533. The van der Waals surface area contributed by atoms with Crippen LogP contribution in [0, 0.1) is 6.92 Å². The fourth-order valence-corrected chi connectivity index (χ4v) is 4.08. The molecule has 122 valence electrons. The molecule has 1 heterocycles. The molecule has 1 aromatic rings. The zero-order chi connectivity index (χ0) is 16.2. The number of nitrogens with one attached hydrogen (secondary N) is 1. The SMILES string of the molecule is Cc1cc(N2CCCS2(=O)=O)ccc1C(=O)NCCCCO. The maximum Gasteiger partial charge on any atom is 0.251 e. The smallest absolute Gasteiger partial charge is 0.251 e. The molecule has 0 spiro atoms. The van der Waals surface area contributed by atoms with Gasteiger partial charge in [0.2, 0.25) is 10.0 Å². The Bertz CT molecular complexity index is 643. The lowest BCUT2D eigenvalue weighted by atomic mass is 10.1. The molecule has 0 aromatic heterocycles. The second kappa shape index (κ2) is 7.11. The fourth-order valence-electron chi connectivity index (χ4n) is 2.52. The van der Waals surface area contributed by atoms with Crippen LogP contribution in [-0.4, -0.2) is 44.9 Å². The van der Waals surface area contributed by atoms with Gasteiger partial charge in [-0.3, -0.25) is 9.10 Å². The quantitative estimate of drug-likeness (QED) is 0.765. The van der Waals surface area contributed by atoms with Crippen LogP contribution in [0.1, 0.15) is 35.2 Å². The molecule has 0 saturated carbocycles. The highest BCUT2D eigenvalue weighted by Gasteiger charge is 2.28. The van der Waals surface area contributed by atoms with Gasteiger partial charge in [-0.1, -0.05) is 0 Å². The van der Waals surface area contributed by atoms with Crippen LogP contribution in [0.2, 0.25) is 0 Å². The van der Waals surface area contributed by atoms with Crippen molar-refractivity contribution in [1.29, 1.82) is 0 Å². The Kier molecular flexibility index (Phi) is 5.42. The van der Waals surface area contributed by atoms with E-state index in [4.69, 9.17) is 5.11 Å². The normalized spacial score (nSPS) is 16.7. The average Bonchev–Trinajstić information content (AvgIpc) is 2.82. The first kappa shape index (κ1) is 16.8. The van der Waals surface area contributed by atoms with Gasteiger partial charge in [0.15, 0.2) is 0 Å². The number of carbonyl (C=O) groups excluding carboxylic acids is 1. The van der Waals surface area contributed by atoms with Crippen LogP contribution in [0.5, 0.6) is 0 Å². The van der Waals surface area contributed by atoms with Gasteiger partial charge >= 0.3 is 0 Å². The van der Waals surface area contributed by atoms with E-state index in [9.17, 15) is 13.2 Å². The van der Waals surface area contributed by atoms with Crippen molar-refractivity contribution in [3.63, 3.8) is 0 Å². The molecule has 6 nitrogen and oxygen atoms in total. The number of carbonyl (C=O) groups is 1. The molecule has 2 rings (SSSR count). The molecule has 0 atom stereocenters.